The molecule has 0 heterocycles. The van der Waals surface area contributed by atoms with Gasteiger partial charge in [0.2, 0.25) is 0 Å². The maximum Gasteiger partial charge on any atom is 0.197 e. The van der Waals surface area contributed by atoms with E-state index in [1.807, 2.05) is 0 Å². The Morgan fingerprint density at radius 1 is 0.714 bits per heavy atom. The average Bonchev–Trinajstić information content (AvgIpc) is 2.19. The van der Waals surface area contributed by atoms with Crippen LogP contribution in [0, 0.1) is 0 Å². The molecule has 1 aliphatic carbocycles. The van der Waals surface area contributed by atoms with Gasteiger partial charge in [0.05, 0.1) is 0 Å². The molecule has 0 N–H and O–H groups in total. The summed E-state index contributed by atoms with van der Waals surface area (Å²) in [6.45, 7) is 0.973. The predicted molar refractivity (Wildman–Crippen MR) is 41.5 cm³/mol. The zero-order valence-electron chi connectivity index (χ0n) is 7.30. The Hall–Kier alpha value is -1.13. The summed E-state index contributed by atoms with van der Waals surface area (Å²) in [6.07, 6.45) is -1.07. The third kappa shape index (κ3) is 1.86. The SMILES string of the molecule is CC1=C(\F)CC/C(F)=C(F)/C(F)=C\1F. The van der Waals surface area contributed by atoms with Crippen molar-refractivity contribution in [3.8, 4) is 0 Å². The number of allylic oxidation sites excluding steroid dienone is 6. The molecule has 0 nitrogen and oxygen atoms in total. The fourth-order valence-electron chi connectivity index (χ4n) is 1.02. The molecule has 0 aliphatic heterocycles. The summed E-state index contributed by atoms with van der Waals surface area (Å²) < 4.78 is 63.7. The van der Waals surface area contributed by atoms with E-state index >= 15 is 0 Å². The van der Waals surface area contributed by atoms with E-state index in [1.165, 1.54) is 0 Å². The maximum atomic E-state index is 12.9. The van der Waals surface area contributed by atoms with Crippen LogP contribution in [0.15, 0.2) is 34.7 Å². The first-order valence-corrected chi connectivity index (χ1v) is 3.90. The molecule has 14 heavy (non-hydrogen) atoms. The Balaban J connectivity index is 3.31. The highest BCUT2D eigenvalue weighted by Crippen LogP contribution is 2.34. The van der Waals surface area contributed by atoms with E-state index < -0.39 is 47.5 Å². The molecule has 0 bridgehead atoms. The molecule has 0 radical (unpaired) electrons. The highest BCUT2D eigenvalue weighted by atomic mass is 19.2. The molecule has 5 heteroatoms. The van der Waals surface area contributed by atoms with Crippen LogP contribution in [0.25, 0.3) is 0 Å². The fraction of sp³-hybridized carbons (Fsp3) is 0.333. The molecule has 1 aliphatic rings. The van der Waals surface area contributed by atoms with Crippen LogP contribution in [0.3, 0.4) is 0 Å². The van der Waals surface area contributed by atoms with Gasteiger partial charge in [-0.15, -0.1) is 0 Å². The Bertz CT molecular complexity index is 314. The monoisotopic (exact) mass is 210 g/mol. The zero-order chi connectivity index (χ0) is 10.9. The van der Waals surface area contributed by atoms with Gasteiger partial charge in [-0.25, -0.2) is 22.0 Å². The summed E-state index contributed by atoms with van der Waals surface area (Å²) in [4.78, 5) is 0. The normalized spacial score (nSPS) is 35.6. The van der Waals surface area contributed by atoms with Crippen LogP contribution in [-0.4, -0.2) is 0 Å². The van der Waals surface area contributed by atoms with Crippen LogP contribution < -0.4 is 0 Å². The molecule has 0 amide bonds. The van der Waals surface area contributed by atoms with Crippen molar-refractivity contribution in [1.29, 1.82) is 0 Å². The largest absolute Gasteiger partial charge is 0.211 e. The fourth-order valence-corrected chi connectivity index (χ4v) is 1.02. The molecular weight excluding hydrogens is 203 g/mol. The van der Waals surface area contributed by atoms with Gasteiger partial charge >= 0.3 is 0 Å². The molecule has 0 spiro atoms. The summed E-state index contributed by atoms with van der Waals surface area (Å²) in [6, 6.07) is 0. The molecule has 0 atom stereocenters. The molecule has 0 aromatic rings. The van der Waals surface area contributed by atoms with Crippen molar-refractivity contribution in [3.63, 3.8) is 0 Å². The van der Waals surface area contributed by atoms with Crippen LogP contribution in [0.2, 0.25) is 0 Å². The lowest BCUT2D eigenvalue weighted by Crippen LogP contribution is -1.95. The molecule has 78 valence electrons. The van der Waals surface area contributed by atoms with Gasteiger partial charge in [0.25, 0.3) is 0 Å². The van der Waals surface area contributed by atoms with Crippen LogP contribution in [-0.2, 0) is 0 Å². The van der Waals surface area contributed by atoms with Gasteiger partial charge in [0, 0.05) is 18.4 Å². The van der Waals surface area contributed by atoms with Crippen LogP contribution in [0.1, 0.15) is 19.8 Å². The first-order valence-electron chi connectivity index (χ1n) is 3.90. The second-order valence-corrected chi connectivity index (χ2v) is 2.88. The average molecular weight is 210 g/mol. The Kier molecular flexibility index (Phi) is 3.08. The minimum absolute atomic E-state index is 0.466. The zero-order valence-corrected chi connectivity index (χ0v) is 7.30. The summed E-state index contributed by atoms with van der Waals surface area (Å²) in [5, 5.41) is 0. The van der Waals surface area contributed by atoms with Crippen molar-refractivity contribution >= 4 is 0 Å². The molecular formula is C9H7F5. The highest BCUT2D eigenvalue weighted by molar-refractivity contribution is 5.37. The third-order valence-corrected chi connectivity index (χ3v) is 1.92. The number of hydrogen-bond acceptors (Lipinski definition) is 0. The molecule has 0 unspecified atom stereocenters. The Morgan fingerprint density at radius 3 is 1.79 bits per heavy atom. The van der Waals surface area contributed by atoms with Crippen molar-refractivity contribution in [2.45, 2.75) is 19.8 Å². The van der Waals surface area contributed by atoms with E-state index in [0.29, 0.717) is 0 Å². The van der Waals surface area contributed by atoms with Crippen molar-refractivity contribution in [3.05, 3.63) is 34.7 Å². The smallest absolute Gasteiger partial charge is 0.197 e. The summed E-state index contributed by atoms with van der Waals surface area (Å²) in [5.74, 6) is -7.99. The second-order valence-electron chi connectivity index (χ2n) is 2.88. The summed E-state index contributed by atoms with van der Waals surface area (Å²) in [7, 11) is 0. The quantitative estimate of drug-likeness (QED) is 0.522. The first kappa shape index (κ1) is 10.9. The van der Waals surface area contributed by atoms with Crippen LogP contribution >= 0.6 is 0 Å². The lowest BCUT2D eigenvalue weighted by molar-refractivity contribution is 0.436. The van der Waals surface area contributed by atoms with E-state index in [0.717, 1.165) is 6.92 Å². The minimum Gasteiger partial charge on any atom is -0.211 e. The first-order chi connectivity index (χ1) is 6.45. The standard InChI is InChI=1S/C9H7F5/c1-4-5(10)2-3-6(11)8(13)9(14)7(4)12/h2-3H2,1H3/b5-4+,8-6+,9-7-. The Morgan fingerprint density at radius 2 is 1.21 bits per heavy atom. The predicted octanol–water partition coefficient (Wildman–Crippen LogP) is 4.32. The number of hydrogen-bond donors (Lipinski definition) is 0. The second kappa shape index (κ2) is 3.94. The molecule has 0 aromatic heterocycles. The van der Waals surface area contributed by atoms with Gasteiger partial charge in [0.15, 0.2) is 17.5 Å². The van der Waals surface area contributed by atoms with Gasteiger partial charge in [-0.3, -0.25) is 0 Å². The number of halogens is 5. The van der Waals surface area contributed by atoms with E-state index in [1.54, 1.807) is 0 Å². The Labute approximate surface area is 77.4 Å². The lowest BCUT2D eigenvalue weighted by Gasteiger charge is -2.07. The molecule has 0 saturated carbocycles. The minimum atomic E-state index is -1.98. The van der Waals surface area contributed by atoms with Gasteiger partial charge < -0.3 is 0 Å². The van der Waals surface area contributed by atoms with E-state index in [2.05, 4.69) is 0 Å². The topological polar surface area (TPSA) is 0 Å². The van der Waals surface area contributed by atoms with Crippen molar-refractivity contribution in [2.24, 2.45) is 0 Å². The van der Waals surface area contributed by atoms with Crippen molar-refractivity contribution in [1.82, 2.24) is 0 Å². The van der Waals surface area contributed by atoms with Crippen LogP contribution in [0.5, 0.6) is 0 Å². The molecule has 0 fully saturated rings. The van der Waals surface area contributed by atoms with Crippen LogP contribution in [0.4, 0.5) is 22.0 Å². The molecule has 1 rings (SSSR count). The van der Waals surface area contributed by atoms with Gasteiger partial charge in [0.1, 0.15) is 11.7 Å². The van der Waals surface area contributed by atoms with E-state index in [-0.39, 0.29) is 0 Å². The number of rotatable bonds is 0. The summed E-state index contributed by atoms with van der Waals surface area (Å²) >= 11 is 0. The van der Waals surface area contributed by atoms with Gasteiger partial charge in [-0.05, 0) is 6.92 Å². The van der Waals surface area contributed by atoms with Gasteiger partial charge in [-0.2, -0.15) is 0 Å². The maximum absolute atomic E-state index is 12.9. The highest BCUT2D eigenvalue weighted by Gasteiger charge is 2.23. The van der Waals surface area contributed by atoms with Crippen molar-refractivity contribution < 1.29 is 22.0 Å². The lowest BCUT2D eigenvalue weighted by atomic mass is 10.1. The summed E-state index contributed by atoms with van der Waals surface area (Å²) in [5.41, 5.74) is -0.620. The van der Waals surface area contributed by atoms with Gasteiger partial charge in [-0.1, -0.05) is 0 Å². The molecule has 0 aromatic carbocycles. The van der Waals surface area contributed by atoms with E-state index in [9.17, 15) is 22.0 Å². The van der Waals surface area contributed by atoms with Crippen molar-refractivity contribution in [2.75, 3.05) is 0 Å². The molecule has 0 saturated heterocycles. The third-order valence-electron chi connectivity index (χ3n) is 1.92. The van der Waals surface area contributed by atoms with E-state index in [4.69, 9.17) is 0 Å².